The van der Waals surface area contributed by atoms with E-state index in [0.29, 0.717) is 0 Å². The van der Waals surface area contributed by atoms with E-state index < -0.39 is 0 Å². The number of fused-ring (bicyclic) bond motifs is 9. The van der Waals surface area contributed by atoms with Gasteiger partial charge < -0.3 is 4.57 Å². The van der Waals surface area contributed by atoms with Crippen molar-refractivity contribution < 1.29 is 0 Å². The zero-order valence-corrected chi connectivity index (χ0v) is 29.9. The number of aryl methyl sites for hydroxylation is 1. The quantitative estimate of drug-likeness (QED) is 0.163. The normalized spacial score (nSPS) is 11.8. The van der Waals surface area contributed by atoms with E-state index in [1.807, 2.05) is 0 Å². The predicted octanol–water partition coefficient (Wildman–Crippen LogP) is 14.7. The van der Waals surface area contributed by atoms with Crippen LogP contribution >= 0.6 is 0 Å². The second-order valence-corrected chi connectivity index (χ2v) is 14.5. The summed E-state index contributed by atoms with van der Waals surface area (Å²) in [5.41, 5.74) is 12.4. The van der Waals surface area contributed by atoms with Crippen molar-refractivity contribution in [2.45, 2.75) is 6.92 Å². The Hall–Kier alpha value is -6.96. The first-order chi connectivity index (χ1) is 26.7. The third-order valence-corrected chi connectivity index (χ3v) is 11.4. The number of aromatic nitrogens is 1. The van der Waals surface area contributed by atoms with E-state index in [0.717, 1.165) is 5.69 Å². The minimum absolute atomic E-state index is 1.15. The zero-order chi connectivity index (χ0) is 35.8. The van der Waals surface area contributed by atoms with Gasteiger partial charge in [-0.2, -0.15) is 0 Å². The molecule has 0 fully saturated rings. The summed E-state index contributed by atoms with van der Waals surface area (Å²) >= 11 is 0. The lowest BCUT2D eigenvalue weighted by atomic mass is 9.86. The molecule has 1 aromatic heterocycles. The van der Waals surface area contributed by atoms with Gasteiger partial charge in [0.05, 0.1) is 11.0 Å². The molecule has 0 saturated carbocycles. The third kappa shape index (κ3) is 4.58. The SMILES string of the molecule is Cc1ccc(-c2cccc3c2ccc2c4c5ccccc5ccc4n(-c4ccc(-c5c6ccccc6c(-c6ccccc6)c6ccccc56)cc4)c32)cc1. The predicted molar refractivity (Wildman–Crippen MR) is 232 cm³/mol. The molecule has 0 unspecified atom stereocenters. The van der Waals surface area contributed by atoms with Crippen molar-refractivity contribution in [3.05, 3.63) is 200 Å². The van der Waals surface area contributed by atoms with Gasteiger partial charge in [0.25, 0.3) is 0 Å². The second kappa shape index (κ2) is 12.0. The molecule has 0 aliphatic rings. The summed E-state index contributed by atoms with van der Waals surface area (Å²) in [5, 5.41) is 12.7. The third-order valence-electron chi connectivity index (χ3n) is 11.4. The first-order valence-corrected chi connectivity index (χ1v) is 18.8. The van der Waals surface area contributed by atoms with E-state index in [1.54, 1.807) is 0 Å². The summed E-state index contributed by atoms with van der Waals surface area (Å²) in [6, 6.07) is 71.6. The number of hydrogen-bond acceptors (Lipinski definition) is 0. The molecule has 0 saturated heterocycles. The van der Waals surface area contributed by atoms with Gasteiger partial charge in [-0.3, -0.25) is 0 Å². The molecular weight excluding hydrogens is 651 g/mol. The Morgan fingerprint density at radius 2 is 0.870 bits per heavy atom. The highest BCUT2D eigenvalue weighted by molar-refractivity contribution is 6.27. The van der Waals surface area contributed by atoms with Gasteiger partial charge in [-0.1, -0.05) is 181 Å². The Bertz CT molecular complexity index is 3180. The summed E-state index contributed by atoms with van der Waals surface area (Å²) < 4.78 is 2.50. The molecule has 11 rings (SSSR count). The average Bonchev–Trinajstić information content (AvgIpc) is 3.59. The molecule has 0 amide bonds. The van der Waals surface area contributed by atoms with Gasteiger partial charge in [0.15, 0.2) is 0 Å². The fraction of sp³-hybridized carbons (Fsp3) is 0.0189. The molecular formula is C53H35N. The molecule has 54 heavy (non-hydrogen) atoms. The summed E-state index contributed by atoms with van der Waals surface area (Å²) in [4.78, 5) is 0. The van der Waals surface area contributed by atoms with Crippen molar-refractivity contribution in [1.29, 1.82) is 0 Å². The molecule has 0 aliphatic heterocycles. The van der Waals surface area contributed by atoms with Gasteiger partial charge in [0, 0.05) is 21.8 Å². The minimum atomic E-state index is 1.15. The highest BCUT2D eigenvalue weighted by atomic mass is 15.0. The molecule has 0 bridgehead atoms. The molecule has 252 valence electrons. The molecule has 0 radical (unpaired) electrons. The molecule has 0 atom stereocenters. The van der Waals surface area contributed by atoms with E-state index in [1.165, 1.54) is 104 Å². The first kappa shape index (κ1) is 30.6. The fourth-order valence-electron chi connectivity index (χ4n) is 9.02. The topological polar surface area (TPSA) is 4.93 Å². The van der Waals surface area contributed by atoms with Crippen molar-refractivity contribution in [2.75, 3.05) is 0 Å². The van der Waals surface area contributed by atoms with Crippen molar-refractivity contribution in [3.8, 4) is 39.1 Å². The maximum Gasteiger partial charge on any atom is 0.0619 e. The largest absolute Gasteiger partial charge is 0.309 e. The summed E-state index contributed by atoms with van der Waals surface area (Å²) in [6.45, 7) is 2.15. The second-order valence-electron chi connectivity index (χ2n) is 14.5. The minimum Gasteiger partial charge on any atom is -0.309 e. The highest BCUT2D eigenvalue weighted by Gasteiger charge is 2.20. The van der Waals surface area contributed by atoms with Gasteiger partial charge in [-0.25, -0.2) is 0 Å². The summed E-state index contributed by atoms with van der Waals surface area (Å²) in [5.74, 6) is 0. The fourth-order valence-corrected chi connectivity index (χ4v) is 9.02. The highest BCUT2D eigenvalue weighted by Crippen LogP contribution is 2.45. The van der Waals surface area contributed by atoms with Crippen LogP contribution in [0.25, 0.3) is 104 Å². The van der Waals surface area contributed by atoms with E-state index in [9.17, 15) is 0 Å². The van der Waals surface area contributed by atoms with Gasteiger partial charge >= 0.3 is 0 Å². The summed E-state index contributed by atoms with van der Waals surface area (Å²) in [6.07, 6.45) is 0. The van der Waals surface area contributed by atoms with E-state index in [-0.39, 0.29) is 0 Å². The molecule has 1 heterocycles. The van der Waals surface area contributed by atoms with Gasteiger partial charge in [0.2, 0.25) is 0 Å². The van der Waals surface area contributed by atoms with Crippen LogP contribution < -0.4 is 0 Å². The molecule has 1 nitrogen and oxygen atoms in total. The van der Waals surface area contributed by atoms with Crippen LogP contribution in [0.5, 0.6) is 0 Å². The van der Waals surface area contributed by atoms with Crippen molar-refractivity contribution in [3.63, 3.8) is 0 Å². The van der Waals surface area contributed by atoms with Crippen LogP contribution in [-0.2, 0) is 0 Å². The van der Waals surface area contributed by atoms with Gasteiger partial charge in [-0.15, -0.1) is 0 Å². The van der Waals surface area contributed by atoms with Crippen molar-refractivity contribution in [1.82, 2.24) is 4.57 Å². The number of benzene rings is 10. The van der Waals surface area contributed by atoms with Crippen LogP contribution in [0.2, 0.25) is 0 Å². The number of nitrogens with zero attached hydrogens (tertiary/aromatic N) is 1. The Balaban J connectivity index is 1.18. The lowest BCUT2D eigenvalue weighted by Crippen LogP contribution is -1.96. The Kier molecular flexibility index (Phi) is 6.84. The van der Waals surface area contributed by atoms with E-state index >= 15 is 0 Å². The number of rotatable bonds is 4. The van der Waals surface area contributed by atoms with Crippen LogP contribution in [0.1, 0.15) is 5.56 Å². The molecule has 0 spiro atoms. The summed E-state index contributed by atoms with van der Waals surface area (Å²) in [7, 11) is 0. The lowest BCUT2D eigenvalue weighted by Gasteiger charge is -2.18. The monoisotopic (exact) mass is 685 g/mol. The smallest absolute Gasteiger partial charge is 0.0619 e. The maximum atomic E-state index is 2.50. The van der Waals surface area contributed by atoms with Gasteiger partial charge in [-0.05, 0) is 96.2 Å². The van der Waals surface area contributed by atoms with E-state index in [4.69, 9.17) is 0 Å². The number of hydrogen-bond donors (Lipinski definition) is 0. The zero-order valence-electron chi connectivity index (χ0n) is 29.9. The Morgan fingerprint density at radius 3 is 1.54 bits per heavy atom. The molecule has 1 heteroatoms. The van der Waals surface area contributed by atoms with Crippen LogP contribution in [-0.4, -0.2) is 4.57 Å². The van der Waals surface area contributed by atoms with E-state index in [2.05, 4.69) is 206 Å². The van der Waals surface area contributed by atoms with Gasteiger partial charge in [0.1, 0.15) is 0 Å². The molecule has 10 aromatic carbocycles. The Labute approximate surface area is 314 Å². The standard InChI is InChI=1S/C53H35N/c1-34-22-24-36(25-23-34)40-20-11-21-47-42(40)31-32-48-52-41-15-6-5-12-35(41)28-33-49(52)54(53(47)48)39-29-26-38(27-30-39)51-45-18-9-7-16-43(45)50(37-13-3-2-4-14-37)44-17-8-10-19-46(44)51/h2-33H,1H3. The average molecular weight is 686 g/mol. The van der Waals surface area contributed by atoms with Crippen molar-refractivity contribution >= 4 is 64.9 Å². The molecule has 11 aromatic rings. The molecule has 0 N–H and O–H groups in total. The lowest BCUT2D eigenvalue weighted by molar-refractivity contribution is 1.19. The molecule has 0 aliphatic carbocycles. The maximum absolute atomic E-state index is 2.50. The van der Waals surface area contributed by atoms with Crippen LogP contribution in [0, 0.1) is 6.92 Å². The first-order valence-electron chi connectivity index (χ1n) is 18.8. The van der Waals surface area contributed by atoms with Crippen LogP contribution in [0.3, 0.4) is 0 Å². The van der Waals surface area contributed by atoms with Crippen LogP contribution in [0.15, 0.2) is 194 Å². The van der Waals surface area contributed by atoms with Crippen LogP contribution in [0.4, 0.5) is 0 Å². The van der Waals surface area contributed by atoms with Crippen molar-refractivity contribution in [2.24, 2.45) is 0 Å². The Morgan fingerprint density at radius 1 is 0.333 bits per heavy atom.